The predicted octanol–water partition coefficient (Wildman–Crippen LogP) is 0.971. The second-order valence-electron chi connectivity index (χ2n) is 6.25. The molecule has 23 heavy (non-hydrogen) atoms. The number of piperidine rings is 1. The summed E-state index contributed by atoms with van der Waals surface area (Å²) < 4.78 is 25.3. The Hall–Kier alpha value is -1.60. The first-order chi connectivity index (χ1) is 10.8. The summed E-state index contributed by atoms with van der Waals surface area (Å²) in [6.45, 7) is 3.59. The molecule has 1 aromatic rings. The van der Waals surface area contributed by atoms with Crippen LogP contribution in [0.1, 0.15) is 18.4 Å². The second kappa shape index (κ2) is 7.31. The van der Waals surface area contributed by atoms with Gasteiger partial charge in [-0.1, -0.05) is 12.1 Å². The van der Waals surface area contributed by atoms with Crippen molar-refractivity contribution in [1.29, 1.82) is 0 Å². The Morgan fingerprint density at radius 3 is 2.57 bits per heavy atom. The molecule has 1 aliphatic rings. The number of rotatable bonds is 5. The minimum Gasteiger partial charge on any atom is -0.352 e. The van der Waals surface area contributed by atoms with E-state index in [9.17, 15) is 13.2 Å². The third-order valence-electron chi connectivity index (χ3n) is 4.06. The van der Waals surface area contributed by atoms with Crippen LogP contribution in [-0.2, 0) is 14.8 Å². The maximum atomic E-state index is 12.3. The molecule has 1 N–H and O–H groups in total. The quantitative estimate of drug-likeness (QED) is 0.868. The van der Waals surface area contributed by atoms with E-state index < -0.39 is 10.0 Å². The van der Waals surface area contributed by atoms with Crippen molar-refractivity contribution in [2.24, 2.45) is 0 Å². The van der Waals surface area contributed by atoms with Crippen LogP contribution in [0.5, 0.6) is 0 Å². The van der Waals surface area contributed by atoms with Crippen molar-refractivity contribution < 1.29 is 13.2 Å². The van der Waals surface area contributed by atoms with E-state index >= 15 is 0 Å². The number of nitrogens with one attached hydrogen (secondary N) is 1. The first kappa shape index (κ1) is 17.7. The molecule has 1 aliphatic heterocycles. The van der Waals surface area contributed by atoms with Gasteiger partial charge in [-0.15, -0.1) is 0 Å². The van der Waals surface area contributed by atoms with E-state index in [1.165, 1.54) is 0 Å². The molecule has 1 amide bonds. The van der Waals surface area contributed by atoms with Gasteiger partial charge in [-0.05, 0) is 57.6 Å². The van der Waals surface area contributed by atoms with Crippen LogP contribution in [0, 0.1) is 6.92 Å². The minimum absolute atomic E-state index is 0.123. The van der Waals surface area contributed by atoms with Crippen LogP contribution in [-0.4, -0.2) is 58.2 Å². The minimum atomic E-state index is -3.52. The maximum Gasteiger partial charge on any atom is 0.240 e. The summed E-state index contributed by atoms with van der Waals surface area (Å²) in [7, 11) is -1.46. The average Bonchev–Trinajstić information content (AvgIpc) is 2.46. The maximum absolute atomic E-state index is 12.3. The Labute approximate surface area is 138 Å². The number of hydrogen-bond donors (Lipinski definition) is 1. The molecule has 0 aliphatic carbocycles. The number of anilines is 1. The lowest BCUT2D eigenvalue weighted by molar-refractivity contribution is -0.120. The topological polar surface area (TPSA) is 69.7 Å². The number of amides is 1. The number of carbonyl (C=O) groups is 1. The van der Waals surface area contributed by atoms with Crippen molar-refractivity contribution in [1.82, 2.24) is 10.2 Å². The van der Waals surface area contributed by atoms with E-state index in [4.69, 9.17) is 0 Å². The molecule has 1 heterocycles. The third-order valence-corrected chi connectivity index (χ3v) is 5.20. The lowest BCUT2D eigenvalue weighted by Gasteiger charge is -2.30. The van der Waals surface area contributed by atoms with Crippen molar-refractivity contribution in [3.63, 3.8) is 0 Å². The number of hydrogen-bond acceptors (Lipinski definition) is 4. The number of carbonyl (C=O) groups excluding carboxylic acids is 1. The predicted molar refractivity (Wildman–Crippen MR) is 92.0 cm³/mol. The van der Waals surface area contributed by atoms with E-state index in [-0.39, 0.29) is 18.5 Å². The van der Waals surface area contributed by atoms with Crippen LogP contribution in [0.3, 0.4) is 0 Å². The molecule has 1 saturated heterocycles. The summed E-state index contributed by atoms with van der Waals surface area (Å²) in [4.78, 5) is 14.5. The van der Waals surface area contributed by atoms with E-state index in [0.29, 0.717) is 5.69 Å². The fraction of sp³-hybridized carbons (Fsp3) is 0.562. The van der Waals surface area contributed by atoms with Gasteiger partial charge in [-0.25, -0.2) is 8.42 Å². The molecule has 6 nitrogen and oxygen atoms in total. The summed E-state index contributed by atoms with van der Waals surface area (Å²) in [5.74, 6) is -0.258. The van der Waals surface area contributed by atoms with Gasteiger partial charge in [0.1, 0.15) is 6.54 Å². The SMILES string of the molecule is Cc1cccc(N(CC(=O)NC2CCN(C)CC2)S(C)(=O)=O)c1. The van der Waals surface area contributed by atoms with Gasteiger partial charge in [0.2, 0.25) is 15.9 Å². The van der Waals surface area contributed by atoms with E-state index in [1.54, 1.807) is 18.2 Å². The van der Waals surface area contributed by atoms with Gasteiger partial charge in [0.05, 0.1) is 11.9 Å². The molecule has 0 unspecified atom stereocenters. The molecule has 1 aromatic carbocycles. The molecular formula is C16H25N3O3S. The van der Waals surface area contributed by atoms with E-state index in [2.05, 4.69) is 17.3 Å². The van der Waals surface area contributed by atoms with Crippen molar-refractivity contribution in [3.8, 4) is 0 Å². The van der Waals surface area contributed by atoms with Crippen molar-refractivity contribution in [2.75, 3.05) is 37.2 Å². The fourth-order valence-electron chi connectivity index (χ4n) is 2.74. The van der Waals surface area contributed by atoms with Gasteiger partial charge >= 0.3 is 0 Å². The van der Waals surface area contributed by atoms with Gasteiger partial charge in [-0.3, -0.25) is 9.10 Å². The molecular weight excluding hydrogens is 314 g/mol. The largest absolute Gasteiger partial charge is 0.352 e. The molecule has 0 bridgehead atoms. The molecule has 7 heteroatoms. The Morgan fingerprint density at radius 2 is 2.00 bits per heavy atom. The molecule has 0 atom stereocenters. The highest BCUT2D eigenvalue weighted by molar-refractivity contribution is 7.92. The summed E-state index contributed by atoms with van der Waals surface area (Å²) >= 11 is 0. The Morgan fingerprint density at radius 1 is 1.35 bits per heavy atom. The highest BCUT2D eigenvalue weighted by atomic mass is 32.2. The second-order valence-corrected chi connectivity index (χ2v) is 8.16. The lowest BCUT2D eigenvalue weighted by Crippen LogP contribution is -2.47. The number of aryl methyl sites for hydroxylation is 1. The molecule has 2 rings (SSSR count). The smallest absolute Gasteiger partial charge is 0.240 e. The molecule has 0 spiro atoms. The zero-order valence-corrected chi connectivity index (χ0v) is 14.8. The van der Waals surface area contributed by atoms with Crippen LogP contribution in [0.2, 0.25) is 0 Å². The normalized spacial score (nSPS) is 17.0. The number of nitrogens with zero attached hydrogens (tertiary/aromatic N) is 2. The first-order valence-corrected chi connectivity index (χ1v) is 9.63. The van der Waals surface area contributed by atoms with Gasteiger partial charge in [0.15, 0.2) is 0 Å². The zero-order chi connectivity index (χ0) is 17.0. The van der Waals surface area contributed by atoms with Crippen molar-refractivity contribution in [2.45, 2.75) is 25.8 Å². The van der Waals surface area contributed by atoms with Crippen LogP contribution >= 0.6 is 0 Å². The Kier molecular flexibility index (Phi) is 5.64. The summed E-state index contributed by atoms with van der Waals surface area (Å²) in [6, 6.07) is 7.28. The Balaban J connectivity index is 2.05. The van der Waals surface area contributed by atoms with Crippen LogP contribution < -0.4 is 9.62 Å². The molecule has 0 saturated carbocycles. The monoisotopic (exact) mass is 339 g/mol. The number of likely N-dealkylation sites (tertiary alicyclic amines) is 1. The third kappa shape index (κ3) is 5.21. The first-order valence-electron chi connectivity index (χ1n) is 7.78. The van der Waals surface area contributed by atoms with Crippen LogP contribution in [0.15, 0.2) is 24.3 Å². The van der Waals surface area contributed by atoms with Gasteiger partial charge in [0.25, 0.3) is 0 Å². The Bertz CT molecular complexity index is 652. The molecule has 128 valence electrons. The average molecular weight is 339 g/mol. The number of sulfonamides is 1. The number of benzene rings is 1. The van der Waals surface area contributed by atoms with Gasteiger partial charge < -0.3 is 10.2 Å². The summed E-state index contributed by atoms with van der Waals surface area (Å²) in [6.07, 6.45) is 2.91. The summed E-state index contributed by atoms with van der Waals surface area (Å²) in [5, 5.41) is 2.95. The zero-order valence-electron chi connectivity index (χ0n) is 13.9. The van der Waals surface area contributed by atoms with E-state index in [0.717, 1.165) is 42.1 Å². The van der Waals surface area contributed by atoms with Gasteiger partial charge in [0, 0.05) is 6.04 Å². The molecule has 1 fully saturated rings. The van der Waals surface area contributed by atoms with Gasteiger partial charge in [-0.2, -0.15) is 0 Å². The summed E-state index contributed by atoms with van der Waals surface area (Å²) in [5.41, 5.74) is 1.47. The molecule has 0 radical (unpaired) electrons. The van der Waals surface area contributed by atoms with Crippen molar-refractivity contribution >= 4 is 21.6 Å². The highest BCUT2D eigenvalue weighted by Crippen LogP contribution is 2.18. The van der Waals surface area contributed by atoms with Crippen LogP contribution in [0.4, 0.5) is 5.69 Å². The highest BCUT2D eigenvalue weighted by Gasteiger charge is 2.23. The van der Waals surface area contributed by atoms with Crippen LogP contribution in [0.25, 0.3) is 0 Å². The van der Waals surface area contributed by atoms with E-state index in [1.807, 2.05) is 13.0 Å². The fourth-order valence-corrected chi connectivity index (χ4v) is 3.59. The van der Waals surface area contributed by atoms with Crippen molar-refractivity contribution in [3.05, 3.63) is 29.8 Å². The molecule has 0 aromatic heterocycles. The lowest BCUT2D eigenvalue weighted by atomic mass is 10.1. The standard InChI is InChI=1S/C16H25N3O3S/c1-13-5-4-6-15(11-13)19(23(3,21)22)12-16(20)17-14-7-9-18(2)10-8-14/h4-6,11,14H,7-10,12H2,1-3H3,(H,17,20).